The molecule has 4 aromatic rings. The number of nitrogens with one attached hydrogen (secondary N) is 1. The highest BCUT2D eigenvalue weighted by atomic mass is 16.5. The summed E-state index contributed by atoms with van der Waals surface area (Å²) in [6.45, 7) is 4.25. The third kappa shape index (κ3) is 5.76. The van der Waals surface area contributed by atoms with Crippen LogP contribution in [0, 0.1) is 0 Å². The minimum atomic E-state index is -0.448. The molecule has 0 unspecified atom stereocenters. The predicted octanol–water partition coefficient (Wildman–Crippen LogP) is 4.04. The van der Waals surface area contributed by atoms with Crippen LogP contribution in [0.15, 0.2) is 66.9 Å². The highest BCUT2D eigenvalue weighted by molar-refractivity contribution is 5.94. The molecule has 1 saturated heterocycles. The van der Waals surface area contributed by atoms with Crippen LogP contribution in [0.5, 0.6) is 5.75 Å². The number of ether oxygens (including phenoxy) is 1. The molecule has 5 rings (SSSR count). The number of anilines is 1. The van der Waals surface area contributed by atoms with Crippen molar-refractivity contribution in [2.45, 2.75) is 19.3 Å². The number of imidazole rings is 1. The van der Waals surface area contributed by atoms with Gasteiger partial charge in [-0.05, 0) is 73.5 Å². The van der Waals surface area contributed by atoms with Gasteiger partial charge in [0.15, 0.2) is 0 Å². The van der Waals surface area contributed by atoms with Gasteiger partial charge in [-0.2, -0.15) is 0 Å². The number of nitrogens with two attached hydrogens (primary N) is 1. The van der Waals surface area contributed by atoms with Gasteiger partial charge >= 0.3 is 0 Å². The van der Waals surface area contributed by atoms with Crippen LogP contribution in [0.3, 0.4) is 0 Å². The largest absolute Gasteiger partial charge is 0.491 e. The molecule has 192 valence electrons. The van der Waals surface area contributed by atoms with Crippen molar-refractivity contribution in [1.29, 1.82) is 0 Å². The first kappa shape index (κ1) is 24.8. The van der Waals surface area contributed by atoms with Crippen LogP contribution in [-0.2, 0) is 0 Å². The normalized spacial score (nSPS) is 14.1. The summed E-state index contributed by atoms with van der Waals surface area (Å²) in [5.74, 6) is 1.14. The van der Waals surface area contributed by atoms with Crippen molar-refractivity contribution in [1.82, 2.24) is 14.3 Å². The lowest BCUT2D eigenvalue weighted by Gasteiger charge is -2.26. The lowest BCUT2D eigenvalue weighted by atomic mass is 10.0. The number of likely N-dealkylation sites (tertiary alicyclic amines) is 1. The van der Waals surface area contributed by atoms with Gasteiger partial charge in [-0.3, -0.25) is 9.20 Å². The number of aliphatic hydroxyl groups is 1. The average molecular weight is 500 g/mol. The molecule has 8 heteroatoms. The van der Waals surface area contributed by atoms with Gasteiger partial charge in [0.2, 0.25) is 5.91 Å². The third-order valence-corrected chi connectivity index (χ3v) is 6.74. The summed E-state index contributed by atoms with van der Waals surface area (Å²) in [6, 6.07) is 19.1. The molecule has 2 aromatic carbocycles. The number of rotatable bonds is 10. The number of pyridine rings is 1. The summed E-state index contributed by atoms with van der Waals surface area (Å²) < 4.78 is 7.72. The van der Waals surface area contributed by atoms with E-state index in [1.807, 2.05) is 60.8 Å². The van der Waals surface area contributed by atoms with Crippen LogP contribution in [0.1, 0.15) is 29.6 Å². The van der Waals surface area contributed by atoms with Gasteiger partial charge in [0.25, 0.3) is 0 Å². The lowest BCUT2D eigenvalue weighted by molar-refractivity contribution is 0.100. The number of carbonyl (C=O) groups is 1. The van der Waals surface area contributed by atoms with Gasteiger partial charge in [-0.15, -0.1) is 0 Å². The number of piperidine rings is 1. The number of aromatic nitrogens is 2. The Morgan fingerprint density at radius 1 is 1.00 bits per heavy atom. The molecule has 0 radical (unpaired) electrons. The molecule has 1 aliphatic heterocycles. The fourth-order valence-electron chi connectivity index (χ4n) is 4.85. The summed E-state index contributed by atoms with van der Waals surface area (Å²) in [7, 11) is 0. The SMILES string of the molecule is NC(=O)c1cccc(-c2ccc3nc(-c4cccc(OCCO)c4)c(NCCN4CCCCC4)n3c2)c1. The van der Waals surface area contributed by atoms with E-state index in [2.05, 4.69) is 14.6 Å². The Labute approximate surface area is 216 Å². The van der Waals surface area contributed by atoms with E-state index in [0.29, 0.717) is 11.3 Å². The van der Waals surface area contributed by atoms with Crippen LogP contribution in [0.2, 0.25) is 0 Å². The zero-order valence-electron chi connectivity index (χ0n) is 20.9. The lowest BCUT2D eigenvalue weighted by Crippen LogP contribution is -2.33. The Kier molecular flexibility index (Phi) is 7.67. The second-order valence-corrected chi connectivity index (χ2v) is 9.33. The van der Waals surface area contributed by atoms with Gasteiger partial charge in [0, 0.05) is 30.4 Å². The molecule has 0 atom stereocenters. The Hall–Kier alpha value is -3.88. The zero-order valence-corrected chi connectivity index (χ0v) is 20.9. The smallest absolute Gasteiger partial charge is 0.248 e. The van der Waals surface area contributed by atoms with Crippen molar-refractivity contribution in [3.63, 3.8) is 0 Å². The summed E-state index contributed by atoms with van der Waals surface area (Å²) in [5, 5.41) is 12.8. The quantitative estimate of drug-likeness (QED) is 0.304. The zero-order chi connectivity index (χ0) is 25.6. The van der Waals surface area contributed by atoms with Crippen LogP contribution >= 0.6 is 0 Å². The second kappa shape index (κ2) is 11.5. The van der Waals surface area contributed by atoms with Gasteiger partial charge in [0.1, 0.15) is 29.5 Å². The van der Waals surface area contributed by atoms with Crippen molar-refractivity contribution >= 4 is 17.4 Å². The van der Waals surface area contributed by atoms with Gasteiger partial charge in [0.05, 0.1) is 6.61 Å². The van der Waals surface area contributed by atoms with Crippen LogP contribution in [0.25, 0.3) is 28.0 Å². The highest BCUT2D eigenvalue weighted by Crippen LogP contribution is 2.32. The number of primary amides is 1. The number of fused-ring (bicyclic) bond motifs is 1. The molecule has 4 N–H and O–H groups in total. The van der Waals surface area contributed by atoms with E-state index in [-0.39, 0.29) is 13.2 Å². The molecule has 1 amide bonds. The molecular weight excluding hydrogens is 466 g/mol. The molecule has 37 heavy (non-hydrogen) atoms. The Balaban J connectivity index is 1.52. The maximum absolute atomic E-state index is 11.7. The number of aliphatic hydroxyl groups excluding tert-OH is 1. The van der Waals surface area contributed by atoms with E-state index in [1.165, 1.54) is 19.3 Å². The fraction of sp³-hybridized carbons (Fsp3) is 0.310. The van der Waals surface area contributed by atoms with E-state index in [9.17, 15) is 4.79 Å². The molecule has 1 fully saturated rings. The summed E-state index contributed by atoms with van der Waals surface area (Å²) in [4.78, 5) is 19.2. The van der Waals surface area contributed by atoms with E-state index < -0.39 is 5.91 Å². The monoisotopic (exact) mass is 499 g/mol. The molecule has 1 aliphatic rings. The summed E-state index contributed by atoms with van der Waals surface area (Å²) in [6.07, 6.45) is 5.88. The minimum Gasteiger partial charge on any atom is -0.491 e. The predicted molar refractivity (Wildman–Crippen MR) is 146 cm³/mol. The number of nitrogens with zero attached hydrogens (tertiary/aromatic N) is 3. The van der Waals surface area contributed by atoms with E-state index in [0.717, 1.165) is 60.0 Å². The number of hydrogen-bond donors (Lipinski definition) is 3. The molecule has 0 saturated carbocycles. The first-order valence-electron chi connectivity index (χ1n) is 12.8. The van der Waals surface area contributed by atoms with Crippen LogP contribution in [-0.4, -0.2) is 64.7 Å². The molecule has 0 bridgehead atoms. The van der Waals surface area contributed by atoms with Gasteiger partial charge < -0.3 is 25.8 Å². The van der Waals surface area contributed by atoms with Crippen LogP contribution in [0.4, 0.5) is 5.82 Å². The molecular formula is C29H33N5O3. The first-order chi connectivity index (χ1) is 18.1. The standard InChI is InChI=1S/C29H33N5O3/c30-28(36)23-8-4-6-21(18-23)24-10-11-26-32-27(22-7-5-9-25(19-22)37-17-16-35)29(34(26)20-24)31-12-15-33-13-2-1-3-14-33/h4-11,18-20,31,35H,1-3,12-17H2,(H2,30,36). The van der Waals surface area contributed by atoms with Crippen molar-refractivity contribution in [3.05, 3.63) is 72.4 Å². The van der Waals surface area contributed by atoms with E-state index in [1.54, 1.807) is 6.07 Å². The number of hydrogen-bond acceptors (Lipinski definition) is 6. The third-order valence-electron chi connectivity index (χ3n) is 6.74. The maximum Gasteiger partial charge on any atom is 0.248 e. The molecule has 8 nitrogen and oxygen atoms in total. The molecule has 0 spiro atoms. The molecule has 3 heterocycles. The maximum atomic E-state index is 11.7. The first-order valence-corrected chi connectivity index (χ1v) is 12.8. The van der Waals surface area contributed by atoms with Gasteiger partial charge in [-0.1, -0.05) is 30.7 Å². The van der Waals surface area contributed by atoms with E-state index >= 15 is 0 Å². The Morgan fingerprint density at radius 2 is 1.81 bits per heavy atom. The van der Waals surface area contributed by atoms with Crippen molar-refractivity contribution in [2.24, 2.45) is 5.73 Å². The van der Waals surface area contributed by atoms with Crippen molar-refractivity contribution < 1.29 is 14.6 Å². The van der Waals surface area contributed by atoms with E-state index in [4.69, 9.17) is 20.6 Å². The van der Waals surface area contributed by atoms with Crippen molar-refractivity contribution in [2.75, 3.05) is 44.7 Å². The van der Waals surface area contributed by atoms with Gasteiger partial charge in [-0.25, -0.2) is 4.98 Å². The number of benzene rings is 2. The summed E-state index contributed by atoms with van der Waals surface area (Å²) >= 11 is 0. The molecule has 0 aliphatic carbocycles. The fourth-order valence-corrected chi connectivity index (χ4v) is 4.85. The number of amides is 1. The molecule has 2 aromatic heterocycles. The Morgan fingerprint density at radius 3 is 2.62 bits per heavy atom. The highest BCUT2D eigenvalue weighted by Gasteiger charge is 2.17. The van der Waals surface area contributed by atoms with Crippen LogP contribution < -0.4 is 15.8 Å². The number of carbonyl (C=O) groups excluding carboxylic acids is 1. The second-order valence-electron chi connectivity index (χ2n) is 9.33. The summed E-state index contributed by atoms with van der Waals surface area (Å²) in [5.41, 5.74) is 10.4. The van der Waals surface area contributed by atoms with Crippen molar-refractivity contribution in [3.8, 4) is 28.1 Å². The average Bonchev–Trinajstić information content (AvgIpc) is 3.30. The minimum absolute atomic E-state index is 0.0401. The Bertz CT molecular complexity index is 1380. The topological polar surface area (TPSA) is 105 Å².